The highest BCUT2D eigenvalue weighted by molar-refractivity contribution is 6.13. The maximum atomic E-state index is 13.9. The van der Waals surface area contributed by atoms with Crippen LogP contribution in [-0.2, 0) is 11.4 Å². The van der Waals surface area contributed by atoms with Crippen molar-refractivity contribution in [1.82, 2.24) is 0 Å². The fraction of sp³-hybridized carbons (Fsp3) is 0.122. The average molecular weight is 712 g/mol. The van der Waals surface area contributed by atoms with Gasteiger partial charge in [0.15, 0.2) is 5.75 Å². The van der Waals surface area contributed by atoms with Gasteiger partial charge in [0, 0.05) is 17.1 Å². The molecule has 12 nitrogen and oxygen atoms in total. The summed E-state index contributed by atoms with van der Waals surface area (Å²) in [6.07, 6.45) is 0. The number of ether oxygens (including phenoxy) is 3. The van der Waals surface area contributed by atoms with E-state index in [0.717, 1.165) is 16.8 Å². The Bertz CT molecular complexity index is 2300. The third-order valence-corrected chi connectivity index (χ3v) is 8.24. The molecule has 2 amide bonds. The largest absolute Gasteiger partial charge is 0.505 e. The Balaban J connectivity index is 1.30. The van der Waals surface area contributed by atoms with E-state index in [4.69, 9.17) is 19.0 Å². The second-order valence-corrected chi connectivity index (χ2v) is 11.8. The second-order valence-electron chi connectivity index (χ2n) is 11.8. The quantitative estimate of drug-likeness (QED) is 0.0683. The van der Waals surface area contributed by atoms with Crippen LogP contribution in [0.15, 0.2) is 125 Å². The average Bonchev–Trinajstić information content (AvgIpc) is 3.18. The van der Waals surface area contributed by atoms with Crippen LogP contribution >= 0.6 is 0 Å². The van der Waals surface area contributed by atoms with Gasteiger partial charge in [-0.15, -0.1) is 10.2 Å². The number of carbonyl (C=O) groups is 2. The molecule has 6 rings (SSSR count). The summed E-state index contributed by atoms with van der Waals surface area (Å²) in [7, 11) is 4.36. The van der Waals surface area contributed by atoms with Gasteiger partial charge in [-0.25, -0.2) is 0 Å². The number of aryl methyl sites for hydroxylation is 1. The van der Waals surface area contributed by atoms with Crippen molar-refractivity contribution in [3.63, 3.8) is 0 Å². The molecule has 0 aliphatic carbocycles. The van der Waals surface area contributed by atoms with Crippen LogP contribution in [0.1, 0.15) is 31.8 Å². The highest BCUT2D eigenvalue weighted by Gasteiger charge is 2.23. The number of benzene rings is 6. The molecule has 0 aliphatic rings. The van der Waals surface area contributed by atoms with Crippen LogP contribution in [0.3, 0.4) is 0 Å². The number of para-hydroxylation sites is 2. The molecule has 0 spiro atoms. The Morgan fingerprint density at radius 2 is 1.34 bits per heavy atom. The fourth-order valence-corrected chi connectivity index (χ4v) is 5.57. The first-order valence-corrected chi connectivity index (χ1v) is 16.5. The van der Waals surface area contributed by atoms with Gasteiger partial charge in [-0.3, -0.25) is 19.9 Å². The second kappa shape index (κ2) is 16.4. The summed E-state index contributed by atoms with van der Waals surface area (Å²) in [5, 5.41) is 27.4. The minimum absolute atomic E-state index is 0.0648. The van der Waals surface area contributed by atoms with E-state index in [9.17, 15) is 14.7 Å². The molecule has 0 bridgehead atoms. The van der Waals surface area contributed by atoms with Crippen LogP contribution in [0.5, 0.6) is 23.0 Å². The number of nitrogens with one attached hydrogen (secondary N) is 3. The summed E-state index contributed by atoms with van der Waals surface area (Å²) >= 11 is 0. The first-order valence-electron chi connectivity index (χ1n) is 16.5. The number of hydrogen-bond acceptors (Lipinski definition) is 10. The van der Waals surface area contributed by atoms with Gasteiger partial charge < -0.3 is 30.0 Å². The van der Waals surface area contributed by atoms with Crippen molar-refractivity contribution in [2.75, 3.05) is 37.4 Å². The van der Waals surface area contributed by atoms with E-state index in [2.05, 4.69) is 26.3 Å². The lowest BCUT2D eigenvalue weighted by Crippen LogP contribution is -2.16. The van der Waals surface area contributed by atoms with Gasteiger partial charge in [0.25, 0.3) is 11.8 Å². The molecule has 0 heterocycles. The highest BCUT2D eigenvalue weighted by Crippen LogP contribution is 2.42. The molecule has 4 N–H and O–H groups in total. The lowest BCUT2D eigenvalue weighted by atomic mass is 10.0. The molecule has 12 heteroatoms. The number of rotatable bonds is 13. The predicted octanol–water partition coefficient (Wildman–Crippen LogP) is 9.34. The lowest BCUT2D eigenvalue weighted by molar-refractivity contribution is 0.101. The Labute approximate surface area is 306 Å². The molecule has 0 unspecified atom stereocenters. The Hall–Kier alpha value is -6.92. The topological polar surface area (TPSA) is 152 Å². The summed E-state index contributed by atoms with van der Waals surface area (Å²) in [5.41, 5.74) is 6.84. The summed E-state index contributed by atoms with van der Waals surface area (Å²) in [6, 6.07) is 33.9. The van der Waals surface area contributed by atoms with Crippen molar-refractivity contribution >= 4 is 51.0 Å². The van der Waals surface area contributed by atoms with Crippen molar-refractivity contribution in [2.24, 2.45) is 10.2 Å². The number of carbonyl (C=O) groups excluding carboxylic acids is 2. The molecule has 0 aliphatic heterocycles. The third-order valence-electron chi connectivity index (χ3n) is 8.24. The molecule has 0 radical (unpaired) electrons. The molecule has 6 aromatic carbocycles. The minimum Gasteiger partial charge on any atom is -0.505 e. The fourth-order valence-electron chi connectivity index (χ4n) is 5.57. The van der Waals surface area contributed by atoms with E-state index in [1.807, 2.05) is 67.6 Å². The number of phenolic OH excluding ortho intramolecular Hbond substituents is 1. The molecule has 0 fully saturated rings. The molecule has 0 aromatic heterocycles. The van der Waals surface area contributed by atoms with E-state index >= 15 is 0 Å². The normalized spacial score (nSPS) is 10.9. The molecular weight excluding hydrogens is 674 g/mol. The summed E-state index contributed by atoms with van der Waals surface area (Å²) in [4.78, 5) is 32.7. The zero-order chi connectivity index (χ0) is 37.3. The molecule has 268 valence electrons. The molecule has 0 saturated carbocycles. The Kier molecular flexibility index (Phi) is 11.1. The van der Waals surface area contributed by atoms with E-state index in [1.165, 1.54) is 33.5 Å². The number of aromatic hydroxyl groups is 1. The van der Waals surface area contributed by atoms with Crippen LogP contribution in [-0.4, -0.2) is 38.3 Å². The van der Waals surface area contributed by atoms with Crippen molar-refractivity contribution < 1.29 is 33.7 Å². The molecule has 53 heavy (non-hydrogen) atoms. The number of hydrogen-bond donors (Lipinski definition) is 4. The van der Waals surface area contributed by atoms with Gasteiger partial charge >= 0.3 is 0 Å². The van der Waals surface area contributed by atoms with Gasteiger partial charge in [0.05, 0.1) is 50.4 Å². The third kappa shape index (κ3) is 8.35. The van der Waals surface area contributed by atoms with Crippen LogP contribution < -0.4 is 30.3 Å². The van der Waals surface area contributed by atoms with Crippen molar-refractivity contribution in [3.8, 4) is 23.0 Å². The zero-order valence-electron chi connectivity index (χ0n) is 29.5. The SMILES string of the molecule is COc1ccc(CONc2ccccc2)cc1N=Nc1c(O)c(C(=O)Nc2cc(OC)c(C(=O)Nc3ccccc3)cc2OC)cc2cc(C)ccc12. The van der Waals surface area contributed by atoms with E-state index < -0.39 is 17.6 Å². The zero-order valence-corrected chi connectivity index (χ0v) is 29.5. The first kappa shape index (κ1) is 35.9. The number of amides is 2. The van der Waals surface area contributed by atoms with Gasteiger partial charge in [-0.2, -0.15) is 0 Å². The Morgan fingerprint density at radius 1 is 0.660 bits per heavy atom. The minimum atomic E-state index is -0.660. The maximum Gasteiger partial charge on any atom is 0.259 e. The van der Waals surface area contributed by atoms with Gasteiger partial charge in [-0.05, 0) is 66.4 Å². The van der Waals surface area contributed by atoms with E-state index in [0.29, 0.717) is 27.9 Å². The van der Waals surface area contributed by atoms with Crippen molar-refractivity contribution in [1.29, 1.82) is 0 Å². The first-order chi connectivity index (χ1) is 25.8. The predicted molar refractivity (Wildman–Crippen MR) is 204 cm³/mol. The lowest BCUT2D eigenvalue weighted by Gasteiger charge is -2.16. The molecule has 0 atom stereocenters. The number of fused-ring (bicyclic) bond motifs is 1. The van der Waals surface area contributed by atoms with Gasteiger partial charge in [0.2, 0.25) is 0 Å². The summed E-state index contributed by atoms with van der Waals surface area (Å²) in [5.74, 6) is -0.641. The van der Waals surface area contributed by atoms with E-state index in [1.54, 1.807) is 42.5 Å². The van der Waals surface area contributed by atoms with E-state index in [-0.39, 0.29) is 40.6 Å². The maximum absolute atomic E-state index is 13.9. The Morgan fingerprint density at radius 3 is 2.04 bits per heavy atom. The number of azo groups is 1. The number of methoxy groups -OCH3 is 3. The summed E-state index contributed by atoms with van der Waals surface area (Å²) < 4.78 is 16.6. The van der Waals surface area contributed by atoms with Crippen LogP contribution in [0.2, 0.25) is 0 Å². The van der Waals surface area contributed by atoms with Crippen molar-refractivity contribution in [2.45, 2.75) is 13.5 Å². The smallest absolute Gasteiger partial charge is 0.259 e. The molecule has 0 saturated heterocycles. The van der Waals surface area contributed by atoms with Crippen LogP contribution in [0.25, 0.3) is 10.8 Å². The monoisotopic (exact) mass is 711 g/mol. The molecular formula is C41H37N5O7. The number of anilines is 3. The van der Waals surface area contributed by atoms with Gasteiger partial charge in [0.1, 0.15) is 28.6 Å². The molecule has 6 aromatic rings. The standard InChI is InChI=1S/C41H37N5O7/c1-25-15-17-30-27(19-25)21-32(41(49)43-33-23-36(51-3)31(22-37(33)52-4)40(48)42-28-11-7-5-8-12-28)39(47)38(30)45-44-34-20-26(16-18-35(34)50-2)24-53-46-29-13-9-6-10-14-29/h5-23,46-47H,24H2,1-4H3,(H,42,48)(H,43,49). The van der Waals surface area contributed by atoms with Crippen LogP contribution in [0.4, 0.5) is 28.4 Å². The number of phenols is 1. The van der Waals surface area contributed by atoms with Crippen LogP contribution in [0, 0.1) is 6.92 Å². The number of nitrogens with zero attached hydrogens (tertiary/aromatic N) is 2. The van der Waals surface area contributed by atoms with Gasteiger partial charge in [-0.1, -0.05) is 66.2 Å². The van der Waals surface area contributed by atoms with Crippen molar-refractivity contribution in [3.05, 3.63) is 138 Å². The summed E-state index contributed by atoms with van der Waals surface area (Å²) in [6.45, 7) is 2.14. The highest BCUT2D eigenvalue weighted by atomic mass is 16.6.